The molecule has 6 heteroatoms. The highest BCUT2D eigenvalue weighted by molar-refractivity contribution is 5.89. The summed E-state index contributed by atoms with van der Waals surface area (Å²) in [7, 11) is 0. The van der Waals surface area contributed by atoms with E-state index in [1.807, 2.05) is 13.8 Å². The Hall–Kier alpha value is -1.92. The van der Waals surface area contributed by atoms with Crippen LogP contribution >= 0.6 is 0 Å². The van der Waals surface area contributed by atoms with Crippen molar-refractivity contribution in [1.82, 2.24) is 10.2 Å². The van der Waals surface area contributed by atoms with Crippen molar-refractivity contribution in [2.75, 3.05) is 19.7 Å². The molecule has 1 aliphatic rings. The van der Waals surface area contributed by atoms with Crippen molar-refractivity contribution in [2.24, 2.45) is 0 Å². The lowest BCUT2D eigenvalue weighted by Gasteiger charge is -2.43. The van der Waals surface area contributed by atoms with Gasteiger partial charge in [0.25, 0.3) is 0 Å². The maximum absolute atomic E-state index is 12.4. The van der Waals surface area contributed by atoms with E-state index in [4.69, 9.17) is 9.47 Å². The minimum absolute atomic E-state index is 0.00281. The van der Waals surface area contributed by atoms with Gasteiger partial charge in [-0.25, -0.2) is 4.79 Å². The van der Waals surface area contributed by atoms with E-state index in [0.29, 0.717) is 31.7 Å². The van der Waals surface area contributed by atoms with Crippen molar-refractivity contribution in [3.63, 3.8) is 0 Å². The summed E-state index contributed by atoms with van der Waals surface area (Å²) in [5.41, 5.74) is 0.579. The molecule has 6 nitrogen and oxygen atoms in total. The number of nitrogens with zero attached hydrogens (tertiary/aromatic N) is 1. The summed E-state index contributed by atoms with van der Waals surface area (Å²) < 4.78 is 11.4. The van der Waals surface area contributed by atoms with Gasteiger partial charge >= 0.3 is 5.97 Å². The Balaban J connectivity index is 3.30. The van der Waals surface area contributed by atoms with Gasteiger partial charge < -0.3 is 14.8 Å². The molecule has 4 atom stereocenters. The molecule has 0 aliphatic heterocycles. The minimum Gasteiger partial charge on any atom is -0.463 e. The lowest BCUT2D eigenvalue weighted by atomic mass is 9.86. The number of esters is 1. The number of hydrogen-bond donors (Lipinski definition) is 1. The van der Waals surface area contributed by atoms with Crippen molar-refractivity contribution in [3.8, 4) is 0 Å². The molecule has 0 radical (unpaired) electrons. The van der Waals surface area contributed by atoms with E-state index in [2.05, 4.69) is 23.4 Å². The molecule has 1 unspecified atom stereocenters. The highest BCUT2D eigenvalue weighted by atomic mass is 16.5. The Labute approximate surface area is 163 Å². The fraction of sp³-hybridized carbons (Fsp3) is 0.619. The first-order valence-corrected chi connectivity index (χ1v) is 9.64. The second kappa shape index (κ2) is 11.7. The summed E-state index contributed by atoms with van der Waals surface area (Å²) in [6.07, 6.45) is 6.30. The van der Waals surface area contributed by atoms with Crippen molar-refractivity contribution in [1.29, 1.82) is 0 Å². The van der Waals surface area contributed by atoms with E-state index in [0.717, 1.165) is 6.42 Å². The molecule has 0 spiro atoms. The monoisotopic (exact) mass is 378 g/mol. The zero-order chi connectivity index (χ0) is 20.4. The molecular formula is C21H34N2O4. The van der Waals surface area contributed by atoms with E-state index in [-0.39, 0.29) is 30.1 Å². The topological polar surface area (TPSA) is 67.9 Å². The molecule has 0 bridgehead atoms. The number of carbonyl (C=O) groups is 2. The van der Waals surface area contributed by atoms with Crippen LogP contribution in [0.1, 0.15) is 40.5 Å². The SMILES string of the molecule is C=CCN(CC=C)[C@@H]1CC(C(=O)OCC)=C[C@@H](OC(C)CC)[C@@H]1NC(C)=O. The number of ether oxygens (including phenoxy) is 2. The third-order valence-electron chi connectivity index (χ3n) is 4.63. The van der Waals surface area contributed by atoms with Crippen LogP contribution in [0.2, 0.25) is 0 Å². The van der Waals surface area contributed by atoms with Crippen LogP contribution in [-0.4, -0.2) is 60.8 Å². The lowest BCUT2D eigenvalue weighted by Crippen LogP contribution is -2.59. The van der Waals surface area contributed by atoms with Gasteiger partial charge in [0.05, 0.1) is 24.9 Å². The molecule has 0 saturated heterocycles. The molecular weight excluding hydrogens is 344 g/mol. The fourth-order valence-corrected chi connectivity index (χ4v) is 3.25. The van der Waals surface area contributed by atoms with Gasteiger partial charge in [-0.05, 0) is 32.8 Å². The first-order valence-electron chi connectivity index (χ1n) is 9.64. The van der Waals surface area contributed by atoms with Crippen LogP contribution in [0.5, 0.6) is 0 Å². The normalized spacial score (nSPS) is 23.3. The Kier molecular flexibility index (Phi) is 10.0. The van der Waals surface area contributed by atoms with Crippen molar-refractivity contribution < 1.29 is 19.1 Å². The molecule has 1 rings (SSSR count). The van der Waals surface area contributed by atoms with E-state index in [1.165, 1.54) is 6.92 Å². The van der Waals surface area contributed by atoms with Crippen molar-refractivity contribution >= 4 is 11.9 Å². The Morgan fingerprint density at radius 1 is 1.33 bits per heavy atom. The number of hydrogen-bond acceptors (Lipinski definition) is 5. The standard InChI is InChI=1S/C21H34N2O4/c1-7-11-23(12-8-2)18-13-17(21(25)26-10-4)14-19(27-15(5)9-3)20(18)22-16(6)24/h7-8,14-15,18-20H,1-2,9-13H2,3-6H3,(H,22,24)/t15?,18-,19-,20-/m1/s1. The molecule has 0 aromatic rings. The number of nitrogens with one attached hydrogen (secondary N) is 1. The molecule has 1 aliphatic carbocycles. The fourth-order valence-electron chi connectivity index (χ4n) is 3.25. The van der Waals surface area contributed by atoms with Crippen LogP contribution in [0, 0.1) is 0 Å². The predicted molar refractivity (Wildman–Crippen MR) is 107 cm³/mol. The number of amides is 1. The summed E-state index contributed by atoms with van der Waals surface area (Å²) in [4.78, 5) is 26.4. The van der Waals surface area contributed by atoms with Gasteiger partial charge in [-0.1, -0.05) is 19.1 Å². The molecule has 0 fully saturated rings. The smallest absolute Gasteiger partial charge is 0.333 e. The minimum atomic E-state index is -0.417. The van der Waals surface area contributed by atoms with Crippen LogP contribution in [0.25, 0.3) is 0 Å². The lowest BCUT2D eigenvalue weighted by molar-refractivity contribution is -0.139. The Morgan fingerprint density at radius 3 is 2.44 bits per heavy atom. The molecule has 0 aromatic heterocycles. The predicted octanol–water partition coefficient (Wildman–Crippen LogP) is 2.61. The van der Waals surface area contributed by atoms with Crippen LogP contribution in [-0.2, 0) is 19.1 Å². The van der Waals surface area contributed by atoms with Gasteiger partial charge in [-0.15, -0.1) is 13.2 Å². The van der Waals surface area contributed by atoms with Crippen molar-refractivity contribution in [3.05, 3.63) is 37.0 Å². The summed E-state index contributed by atoms with van der Waals surface area (Å²) in [6, 6.07) is -0.419. The third kappa shape index (κ3) is 6.96. The van der Waals surface area contributed by atoms with E-state index < -0.39 is 6.10 Å². The first-order chi connectivity index (χ1) is 12.9. The van der Waals surface area contributed by atoms with Gasteiger partial charge in [0.15, 0.2) is 0 Å². The largest absolute Gasteiger partial charge is 0.463 e. The molecule has 1 N–H and O–H groups in total. The van der Waals surface area contributed by atoms with Gasteiger partial charge in [-0.3, -0.25) is 9.69 Å². The zero-order valence-electron chi connectivity index (χ0n) is 17.1. The Bertz CT molecular complexity index is 548. The van der Waals surface area contributed by atoms with Gasteiger partial charge in [0.2, 0.25) is 5.91 Å². The highest BCUT2D eigenvalue weighted by Crippen LogP contribution is 2.28. The zero-order valence-corrected chi connectivity index (χ0v) is 17.1. The first kappa shape index (κ1) is 23.1. The summed E-state index contributed by atoms with van der Waals surface area (Å²) in [6.45, 7) is 16.5. The Morgan fingerprint density at radius 2 is 1.96 bits per heavy atom. The average molecular weight is 379 g/mol. The quantitative estimate of drug-likeness (QED) is 0.442. The van der Waals surface area contributed by atoms with E-state index in [1.54, 1.807) is 25.2 Å². The number of rotatable bonds is 11. The molecule has 27 heavy (non-hydrogen) atoms. The van der Waals surface area contributed by atoms with E-state index >= 15 is 0 Å². The third-order valence-corrected chi connectivity index (χ3v) is 4.63. The summed E-state index contributed by atoms with van der Waals surface area (Å²) >= 11 is 0. The second-order valence-corrected chi connectivity index (χ2v) is 6.76. The molecule has 1 amide bonds. The van der Waals surface area contributed by atoms with Gasteiger partial charge in [0, 0.05) is 31.6 Å². The van der Waals surface area contributed by atoms with Gasteiger partial charge in [0.1, 0.15) is 0 Å². The molecule has 0 aromatic carbocycles. The molecule has 152 valence electrons. The van der Waals surface area contributed by atoms with Crippen LogP contribution in [0.3, 0.4) is 0 Å². The maximum Gasteiger partial charge on any atom is 0.333 e. The van der Waals surface area contributed by atoms with Crippen LogP contribution < -0.4 is 5.32 Å². The summed E-state index contributed by atoms with van der Waals surface area (Å²) in [5.74, 6) is -0.466. The van der Waals surface area contributed by atoms with Crippen LogP contribution in [0.15, 0.2) is 37.0 Å². The van der Waals surface area contributed by atoms with Crippen LogP contribution in [0.4, 0.5) is 0 Å². The van der Waals surface area contributed by atoms with Crippen molar-refractivity contribution in [2.45, 2.75) is 64.8 Å². The molecule has 0 saturated carbocycles. The van der Waals surface area contributed by atoms with E-state index in [9.17, 15) is 9.59 Å². The summed E-state index contributed by atoms with van der Waals surface area (Å²) in [5, 5.41) is 3.03. The maximum atomic E-state index is 12.4. The number of carbonyl (C=O) groups excluding carboxylic acids is 2. The second-order valence-electron chi connectivity index (χ2n) is 6.76. The highest BCUT2D eigenvalue weighted by Gasteiger charge is 2.39. The average Bonchev–Trinajstić information content (AvgIpc) is 2.62. The molecule has 0 heterocycles. The van der Waals surface area contributed by atoms with Gasteiger partial charge in [-0.2, -0.15) is 0 Å².